The van der Waals surface area contributed by atoms with E-state index >= 15 is 0 Å². The fraction of sp³-hybridized carbons (Fsp3) is 0.476. The third-order valence-electron chi connectivity index (χ3n) is 3.84. The van der Waals surface area contributed by atoms with Gasteiger partial charge in [0, 0.05) is 26.2 Å². The van der Waals surface area contributed by atoms with Crippen molar-refractivity contribution in [1.82, 2.24) is 15.5 Å². The fourth-order valence-electron chi connectivity index (χ4n) is 2.65. The van der Waals surface area contributed by atoms with E-state index in [0.717, 1.165) is 37.8 Å². The van der Waals surface area contributed by atoms with E-state index in [9.17, 15) is 0 Å². The van der Waals surface area contributed by atoms with Crippen molar-refractivity contribution in [2.75, 3.05) is 33.8 Å². The lowest BCUT2D eigenvalue weighted by atomic mass is 10.1. The molecule has 1 heterocycles. The van der Waals surface area contributed by atoms with Crippen LogP contribution in [0.5, 0.6) is 0 Å². The van der Waals surface area contributed by atoms with Gasteiger partial charge in [-0.2, -0.15) is 0 Å². The molecule has 1 aromatic heterocycles. The molecule has 2 rings (SSSR count). The van der Waals surface area contributed by atoms with E-state index in [-0.39, 0.29) is 24.0 Å². The number of ether oxygens (including phenoxy) is 1. The third kappa shape index (κ3) is 10.1. The van der Waals surface area contributed by atoms with Gasteiger partial charge >= 0.3 is 0 Å². The van der Waals surface area contributed by atoms with Crippen LogP contribution in [0.25, 0.3) is 0 Å². The van der Waals surface area contributed by atoms with Gasteiger partial charge in [0.05, 0.1) is 12.8 Å². The summed E-state index contributed by atoms with van der Waals surface area (Å²) in [6.45, 7) is 6.51. The molecule has 0 radical (unpaired) electrons. The number of rotatable bonds is 11. The van der Waals surface area contributed by atoms with E-state index < -0.39 is 0 Å². The molecule has 0 aliphatic rings. The van der Waals surface area contributed by atoms with Gasteiger partial charge in [0.2, 0.25) is 0 Å². The van der Waals surface area contributed by atoms with Gasteiger partial charge in [0.1, 0.15) is 12.4 Å². The number of benzene rings is 1. The van der Waals surface area contributed by atoms with Gasteiger partial charge in [-0.05, 0) is 50.7 Å². The van der Waals surface area contributed by atoms with Gasteiger partial charge in [-0.15, -0.1) is 24.0 Å². The lowest BCUT2D eigenvalue weighted by Gasteiger charge is -2.12. The Morgan fingerprint density at radius 2 is 1.96 bits per heavy atom. The number of nitrogens with zero attached hydrogens (tertiary/aromatic N) is 2. The molecule has 0 unspecified atom stereocenters. The second kappa shape index (κ2) is 14.4. The minimum atomic E-state index is 0. The molecule has 156 valence electrons. The van der Waals surface area contributed by atoms with Crippen molar-refractivity contribution in [3.63, 3.8) is 0 Å². The molecule has 2 aromatic rings. The van der Waals surface area contributed by atoms with Crippen LogP contribution in [0.3, 0.4) is 0 Å². The maximum Gasteiger partial charge on any atom is 0.191 e. The summed E-state index contributed by atoms with van der Waals surface area (Å²) in [5.41, 5.74) is 2.52. The number of hydrogen-bond donors (Lipinski definition) is 2. The first-order valence-electron chi connectivity index (χ1n) is 9.52. The van der Waals surface area contributed by atoms with Crippen LogP contribution >= 0.6 is 24.0 Å². The molecule has 0 fully saturated rings. The normalized spacial score (nSPS) is 11.4. The maximum absolute atomic E-state index is 5.60. The molecular formula is C21H33IN4O2. The molecule has 0 saturated carbocycles. The van der Waals surface area contributed by atoms with E-state index in [4.69, 9.17) is 9.15 Å². The van der Waals surface area contributed by atoms with Crippen LogP contribution in [0.4, 0.5) is 0 Å². The smallest absolute Gasteiger partial charge is 0.191 e. The lowest BCUT2D eigenvalue weighted by Crippen LogP contribution is -2.38. The monoisotopic (exact) mass is 500 g/mol. The van der Waals surface area contributed by atoms with Gasteiger partial charge in [-0.25, -0.2) is 4.99 Å². The van der Waals surface area contributed by atoms with Crippen LogP contribution in [0, 0.1) is 0 Å². The number of furan rings is 1. The topological polar surface area (TPSA) is 62.0 Å². The molecule has 0 saturated heterocycles. The summed E-state index contributed by atoms with van der Waals surface area (Å²) in [7, 11) is 4.16. The first-order valence-corrected chi connectivity index (χ1v) is 9.52. The molecule has 28 heavy (non-hydrogen) atoms. The molecule has 0 spiro atoms. The summed E-state index contributed by atoms with van der Waals surface area (Å²) in [5.74, 6) is 1.69. The Hall–Kier alpha value is -1.58. The number of halogens is 1. The zero-order valence-corrected chi connectivity index (χ0v) is 19.4. The first kappa shape index (κ1) is 24.5. The average Bonchev–Trinajstić information content (AvgIpc) is 3.15. The second-order valence-electron chi connectivity index (χ2n) is 6.67. The van der Waals surface area contributed by atoms with Crippen molar-refractivity contribution in [1.29, 1.82) is 0 Å². The molecule has 0 aliphatic heterocycles. The number of guanidine groups is 1. The Morgan fingerprint density at radius 3 is 2.68 bits per heavy atom. The Labute approximate surface area is 185 Å². The van der Waals surface area contributed by atoms with Crippen LogP contribution in [0.2, 0.25) is 0 Å². The van der Waals surface area contributed by atoms with Crippen molar-refractivity contribution in [2.45, 2.75) is 33.0 Å². The SMILES string of the molecule is CCNC(=NCc1cccc(CN(C)C)c1)NCCCOCc1ccco1.I. The van der Waals surface area contributed by atoms with E-state index in [2.05, 4.69) is 65.8 Å². The highest BCUT2D eigenvalue weighted by atomic mass is 127. The fourth-order valence-corrected chi connectivity index (χ4v) is 2.65. The molecule has 6 nitrogen and oxygen atoms in total. The second-order valence-corrected chi connectivity index (χ2v) is 6.67. The Morgan fingerprint density at radius 1 is 1.14 bits per heavy atom. The minimum absolute atomic E-state index is 0. The van der Waals surface area contributed by atoms with Crippen molar-refractivity contribution in [2.24, 2.45) is 4.99 Å². The summed E-state index contributed by atoms with van der Waals surface area (Å²) in [6, 6.07) is 12.4. The Balaban J connectivity index is 0.00000392. The molecule has 7 heteroatoms. The minimum Gasteiger partial charge on any atom is -0.467 e. The zero-order valence-electron chi connectivity index (χ0n) is 17.1. The Bertz CT molecular complexity index is 675. The number of hydrogen-bond acceptors (Lipinski definition) is 4. The van der Waals surface area contributed by atoms with Crippen molar-refractivity contribution >= 4 is 29.9 Å². The Kier molecular flexibility index (Phi) is 12.6. The molecule has 0 bridgehead atoms. The van der Waals surface area contributed by atoms with Crippen molar-refractivity contribution in [3.05, 3.63) is 59.5 Å². The molecule has 2 N–H and O–H groups in total. The lowest BCUT2D eigenvalue weighted by molar-refractivity contribution is 0.105. The van der Waals surface area contributed by atoms with E-state index in [1.54, 1.807) is 6.26 Å². The summed E-state index contributed by atoms with van der Waals surface area (Å²) in [4.78, 5) is 6.86. The number of aliphatic imine (C=N–C) groups is 1. The van der Waals surface area contributed by atoms with Crippen LogP contribution in [-0.4, -0.2) is 44.7 Å². The predicted molar refractivity (Wildman–Crippen MR) is 125 cm³/mol. The maximum atomic E-state index is 5.60. The first-order chi connectivity index (χ1) is 13.2. The van der Waals surface area contributed by atoms with E-state index in [1.807, 2.05) is 12.1 Å². The highest BCUT2D eigenvalue weighted by Gasteiger charge is 2.01. The van der Waals surface area contributed by atoms with Gasteiger partial charge < -0.3 is 24.7 Å². The van der Waals surface area contributed by atoms with Crippen LogP contribution < -0.4 is 10.6 Å². The van der Waals surface area contributed by atoms with E-state index in [0.29, 0.717) is 19.8 Å². The summed E-state index contributed by atoms with van der Waals surface area (Å²) >= 11 is 0. The van der Waals surface area contributed by atoms with E-state index in [1.165, 1.54) is 11.1 Å². The molecule has 1 aromatic carbocycles. The average molecular weight is 500 g/mol. The summed E-state index contributed by atoms with van der Waals surface area (Å²) in [5, 5.41) is 6.65. The largest absolute Gasteiger partial charge is 0.467 e. The standard InChI is InChI=1S/C21H32N4O2.HI/c1-4-22-21(23-11-7-12-26-17-20-10-6-13-27-20)24-15-18-8-5-9-19(14-18)16-25(2)3;/h5-6,8-10,13-14H,4,7,11-12,15-17H2,1-3H3,(H2,22,23,24);1H. The quantitative estimate of drug-likeness (QED) is 0.214. The molecule has 0 aliphatic carbocycles. The van der Waals surface area contributed by atoms with Crippen molar-refractivity contribution in [3.8, 4) is 0 Å². The van der Waals surface area contributed by atoms with Crippen molar-refractivity contribution < 1.29 is 9.15 Å². The van der Waals surface area contributed by atoms with Gasteiger partial charge in [0.15, 0.2) is 5.96 Å². The number of nitrogens with one attached hydrogen (secondary N) is 2. The molecule has 0 atom stereocenters. The van der Waals surface area contributed by atoms with Crippen LogP contribution in [0.15, 0.2) is 52.1 Å². The zero-order chi connectivity index (χ0) is 19.3. The highest BCUT2D eigenvalue weighted by molar-refractivity contribution is 14.0. The predicted octanol–water partition coefficient (Wildman–Crippen LogP) is 3.62. The summed E-state index contributed by atoms with van der Waals surface area (Å²) < 4.78 is 10.8. The summed E-state index contributed by atoms with van der Waals surface area (Å²) in [6.07, 6.45) is 2.57. The van der Waals surface area contributed by atoms with Gasteiger partial charge in [-0.3, -0.25) is 0 Å². The molecule has 0 amide bonds. The van der Waals surface area contributed by atoms with Gasteiger partial charge in [-0.1, -0.05) is 24.3 Å². The van der Waals surface area contributed by atoms with Gasteiger partial charge in [0.25, 0.3) is 0 Å². The molecular weight excluding hydrogens is 467 g/mol. The van der Waals surface area contributed by atoms with Crippen LogP contribution in [-0.2, 0) is 24.4 Å². The highest BCUT2D eigenvalue weighted by Crippen LogP contribution is 2.08. The third-order valence-corrected chi connectivity index (χ3v) is 3.84. The van der Waals surface area contributed by atoms with Crippen LogP contribution in [0.1, 0.15) is 30.2 Å².